The van der Waals surface area contributed by atoms with Crippen LogP contribution in [0, 0.1) is 0 Å². The van der Waals surface area contributed by atoms with Crippen molar-refractivity contribution in [1.82, 2.24) is 20.5 Å². The van der Waals surface area contributed by atoms with Crippen molar-refractivity contribution in [2.45, 2.75) is 32.2 Å². The number of ether oxygens (including phenoxy) is 2. The second kappa shape index (κ2) is 12.2. The fourth-order valence-electron chi connectivity index (χ4n) is 3.67. The molecule has 11 heteroatoms. The van der Waals surface area contributed by atoms with E-state index >= 15 is 0 Å². The average Bonchev–Trinajstić information content (AvgIpc) is 2.94. The Balaban J connectivity index is 1.29. The van der Waals surface area contributed by atoms with E-state index in [2.05, 4.69) is 20.5 Å². The Kier molecular flexibility index (Phi) is 8.60. The molecular formula is C28H25F3N4O4. The van der Waals surface area contributed by atoms with Crippen molar-refractivity contribution in [3.8, 4) is 22.9 Å². The number of rotatable bonds is 10. The molecule has 8 nitrogen and oxygen atoms in total. The molecule has 0 fully saturated rings. The first-order valence-electron chi connectivity index (χ1n) is 12.0. The molecule has 4 rings (SSSR count). The van der Waals surface area contributed by atoms with Crippen molar-refractivity contribution in [2.24, 2.45) is 0 Å². The number of aryl methyl sites for hydroxylation is 1. The number of nitrogens with zero attached hydrogens (tertiary/aromatic N) is 2. The van der Waals surface area contributed by atoms with Crippen LogP contribution in [0.3, 0.4) is 0 Å². The number of carbonyl (C=O) groups is 1. The lowest BCUT2D eigenvalue weighted by Crippen LogP contribution is -2.25. The van der Waals surface area contributed by atoms with Gasteiger partial charge in [-0.05, 0) is 59.7 Å². The number of aromatic nitrogens is 3. The Morgan fingerprint density at radius 2 is 1.69 bits per heavy atom. The molecular weight excluding hydrogens is 513 g/mol. The highest BCUT2D eigenvalue weighted by Crippen LogP contribution is 2.29. The number of benzene rings is 3. The van der Waals surface area contributed by atoms with E-state index in [4.69, 9.17) is 9.47 Å². The first-order valence-corrected chi connectivity index (χ1v) is 12.0. The molecule has 0 unspecified atom stereocenters. The fraction of sp³-hybridized carbons (Fsp3) is 0.214. The monoisotopic (exact) mass is 538 g/mol. The van der Waals surface area contributed by atoms with Gasteiger partial charge in [0.1, 0.15) is 23.8 Å². The van der Waals surface area contributed by atoms with Crippen molar-refractivity contribution in [3.63, 3.8) is 0 Å². The second-order valence-electron chi connectivity index (χ2n) is 8.59. The van der Waals surface area contributed by atoms with Crippen molar-refractivity contribution >= 4 is 5.91 Å². The summed E-state index contributed by atoms with van der Waals surface area (Å²) >= 11 is 0. The van der Waals surface area contributed by atoms with Crippen molar-refractivity contribution < 1.29 is 27.4 Å². The molecule has 0 radical (unpaired) electrons. The van der Waals surface area contributed by atoms with Crippen LogP contribution in [-0.4, -0.2) is 28.2 Å². The van der Waals surface area contributed by atoms with Crippen molar-refractivity contribution in [3.05, 3.63) is 106 Å². The lowest BCUT2D eigenvalue weighted by Gasteiger charge is -2.09. The molecule has 1 amide bonds. The summed E-state index contributed by atoms with van der Waals surface area (Å²) < 4.78 is 49.5. The topological polar surface area (TPSA) is 106 Å². The number of halogens is 3. The maximum absolute atomic E-state index is 12.8. The fourth-order valence-corrected chi connectivity index (χ4v) is 3.67. The molecule has 0 aliphatic heterocycles. The first kappa shape index (κ1) is 27.4. The number of H-pyrrole nitrogens is 1. The van der Waals surface area contributed by atoms with E-state index in [0.717, 1.165) is 23.4 Å². The van der Waals surface area contributed by atoms with E-state index in [9.17, 15) is 22.8 Å². The van der Waals surface area contributed by atoms with Gasteiger partial charge >= 0.3 is 6.18 Å². The Hall–Kier alpha value is -4.67. The summed E-state index contributed by atoms with van der Waals surface area (Å²) in [4.78, 5) is 27.3. The van der Waals surface area contributed by atoms with Gasteiger partial charge in [-0.25, -0.2) is 0 Å². The van der Waals surface area contributed by atoms with E-state index in [1.807, 2.05) is 24.3 Å². The van der Waals surface area contributed by atoms with Crippen LogP contribution in [0.4, 0.5) is 13.2 Å². The van der Waals surface area contributed by atoms with Crippen LogP contribution in [0.2, 0.25) is 0 Å². The van der Waals surface area contributed by atoms with Crippen molar-refractivity contribution in [1.29, 1.82) is 0 Å². The van der Waals surface area contributed by atoms with Gasteiger partial charge in [-0.2, -0.15) is 13.2 Å². The minimum atomic E-state index is -4.46. The van der Waals surface area contributed by atoms with Crippen LogP contribution in [0.25, 0.3) is 11.4 Å². The largest absolute Gasteiger partial charge is 0.497 e. The number of alkyl halides is 3. The summed E-state index contributed by atoms with van der Waals surface area (Å²) in [5.41, 5.74) is 0.700. The molecule has 1 heterocycles. The third kappa shape index (κ3) is 7.67. The summed E-state index contributed by atoms with van der Waals surface area (Å²) in [5, 5.41) is 10.6. The van der Waals surface area contributed by atoms with Gasteiger partial charge in [0, 0.05) is 24.9 Å². The predicted molar refractivity (Wildman–Crippen MR) is 137 cm³/mol. The summed E-state index contributed by atoms with van der Waals surface area (Å²) in [7, 11) is 1.60. The van der Waals surface area contributed by atoms with Gasteiger partial charge in [-0.3, -0.25) is 9.59 Å². The highest BCUT2D eigenvalue weighted by molar-refractivity contribution is 5.76. The minimum absolute atomic E-state index is 0.0219. The van der Waals surface area contributed by atoms with Gasteiger partial charge in [0.2, 0.25) is 5.91 Å². The van der Waals surface area contributed by atoms with E-state index in [-0.39, 0.29) is 30.9 Å². The number of methoxy groups -OCH3 is 1. The number of hydrogen-bond donors (Lipinski definition) is 2. The second-order valence-corrected chi connectivity index (χ2v) is 8.59. The van der Waals surface area contributed by atoms with Crippen LogP contribution in [-0.2, 0) is 30.5 Å². The van der Waals surface area contributed by atoms with E-state index in [0.29, 0.717) is 23.5 Å². The summed E-state index contributed by atoms with van der Waals surface area (Å²) in [6.45, 7) is 0.290. The molecule has 3 aromatic carbocycles. The highest BCUT2D eigenvalue weighted by Gasteiger charge is 2.30. The molecule has 0 spiro atoms. The predicted octanol–water partition coefficient (Wildman–Crippen LogP) is 4.69. The first-order chi connectivity index (χ1) is 18.7. The number of nitrogens with one attached hydrogen (secondary N) is 2. The molecule has 0 saturated carbocycles. The number of hydrogen-bond acceptors (Lipinski definition) is 6. The van der Waals surface area contributed by atoms with E-state index in [1.54, 1.807) is 31.4 Å². The van der Waals surface area contributed by atoms with Crippen LogP contribution in [0.15, 0.2) is 77.6 Å². The Bertz CT molecular complexity index is 1490. The van der Waals surface area contributed by atoms with Crippen molar-refractivity contribution in [2.75, 3.05) is 7.11 Å². The lowest BCUT2D eigenvalue weighted by atomic mass is 10.1. The standard InChI is InChI=1S/C28H25F3N4O4/c1-38-23-7-3-5-19(15-23)17-39-22-10-8-20(9-11-22)26-33-27(37)24(34-35-26)12-13-25(36)32-16-18-4-2-6-21(14-18)28(29,30)31/h2-11,14-15H,12-13,16-17H2,1H3,(H,32,36)(H,33,35,37). The Morgan fingerprint density at radius 3 is 2.41 bits per heavy atom. The highest BCUT2D eigenvalue weighted by atomic mass is 19.4. The van der Waals surface area contributed by atoms with Crippen LogP contribution in [0.5, 0.6) is 11.5 Å². The van der Waals surface area contributed by atoms with Crippen LogP contribution < -0.4 is 20.3 Å². The summed E-state index contributed by atoms with van der Waals surface area (Å²) in [6, 6.07) is 19.2. The normalized spacial score (nSPS) is 11.2. The molecule has 1 aromatic heterocycles. The molecule has 0 aliphatic rings. The van der Waals surface area contributed by atoms with E-state index < -0.39 is 23.2 Å². The molecule has 39 heavy (non-hydrogen) atoms. The van der Waals surface area contributed by atoms with Gasteiger partial charge in [-0.15, -0.1) is 10.2 Å². The smallest absolute Gasteiger partial charge is 0.416 e. The molecule has 0 atom stereocenters. The third-order valence-electron chi connectivity index (χ3n) is 5.77. The molecule has 0 saturated heterocycles. The number of aromatic amines is 1. The molecule has 202 valence electrons. The number of amides is 1. The Morgan fingerprint density at radius 1 is 0.949 bits per heavy atom. The SMILES string of the molecule is COc1cccc(COc2ccc(-c3nnc(CCC(=O)NCc4cccc(C(F)(F)F)c4)c(=O)[nH]3)cc2)c1. The van der Waals surface area contributed by atoms with Gasteiger partial charge in [-0.1, -0.05) is 24.3 Å². The number of carbonyl (C=O) groups excluding carboxylic acids is 1. The zero-order valence-corrected chi connectivity index (χ0v) is 20.9. The minimum Gasteiger partial charge on any atom is -0.497 e. The zero-order valence-electron chi connectivity index (χ0n) is 20.9. The molecule has 2 N–H and O–H groups in total. The molecule has 0 aliphatic carbocycles. The third-order valence-corrected chi connectivity index (χ3v) is 5.77. The maximum atomic E-state index is 12.8. The molecule has 0 bridgehead atoms. The van der Waals surface area contributed by atoms with Gasteiger partial charge in [0.15, 0.2) is 5.82 Å². The quantitative estimate of drug-likeness (QED) is 0.304. The maximum Gasteiger partial charge on any atom is 0.416 e. The summed E-state index contributed by atoms with van der Waals surface area (Å²) in [6.07, 6.45) is -4.51. The zero-order chi connectivity index (χ0) is 27.8. The molecule has 4 aromatic rings. The van der Waals surface area contributed by atoms with Gasteiger partial charge in [0.25, 0.3) is 5.56 Å². The average molecular weight is 539 g/mol. The van der Waals surface area contributed by atoms with Gasteiger partial charge < -0.3 is 19.8 Å². The Labute approximate surface area is 221 Å². The van der Waals surface area contributed by atoms with Gasteiger partial charge in [0.05, 0.1) is 12.7 Å². The lowest BCUT2D eigenvalue weighted by molar-refractivity contribution is -0.137. The van der Waals surface area contributed by atoms with Crippen LogP contribution >= 0.6 is 0 Å². The van der Waals surface area contributed by atoms with Crippen LogP contribution in [0.1, 0.15) is 28.8 Å². The van der Waals surface area contributed by atoms with E-state index in [1.165, 1.54) is 12.1 Å². The summed E-state index contributed by atoms with van der Waals surface area (Å²) in [5.74, 6) is 1.21.